The van der Waals surface area contributed by atoms with E-state index in [0.29, 0.717) is 46.6 Å². The van der Waals surface area contributed by atoms with Crippen LogP contribution in [0.25, 0.3) is 11.1 Å². The highest BCUT2D eigenvalue weighted by Crippen LogP contribution is 2.39. The molecule has 0 aliphatic heterocycles. The van der Waals surface area contributed by atoms with Crippen LogP contribution in [-0.4, -0.2) is 39.4 Å². The number of carbonyl (C=O) groups excluding carboxylic acids is 1. The van der Waals surface area contributed by atoms with Gasteiger partial charge < -0.3 is 19.7 Å². The lowest BCUT2D eigenvalue weighted by Crippen LogP contribution is -2.41. The SMILES string of the molecule is COc1cncc([C@@H](NC(=O)c2cc(C)nc3onc(C)c23)C2CC(O)C2)c1. The summed E-state index contributed by atoms with van der Waals surface area (Å²) in [7, 11) is 1.58. The maximum atomic E-state index is 13.2. The van der Waals surface area contributed by atoms with Crippen LogP contribution in [0.2, 0.25) is 0 Å². The van der Waals surface area contributed by atoms with E-state index in [0.717, 1.165) is 5.56 Å². The summed E-state index contributed by atoms with van der Waals surface area (Å²) in [5.41, 5.74) is 2.95. The molecule has 28 heavy (non-hydrogen) atoms. The normalized spacial score (nSPS) is 19.9. The van der Waals surface area contributed by atoms with E-state index in [9.17, 15) is 9.90 Å². The number of amides is 1. The average molecular weight is 382 g/mol. The molecule has 0 bridgehead atoms. The van der Waals surface area contributed by atoms with Crippen LogP contribution in [-0.2, 0) is 0 Å². The lowest BCUT2D eigenvalue weighted by Gasteiger charge is -2.38. The van der Waals surface area contributed by atoms with Crippen LogP contribution in [0.4, 0.5) is 0 Å². The van der Waals surface area contributed by atoms with Gasteiger partial charge >= 0.3 is 0 Å². The Morgan fingerprint density at radius 2 is 2.11 bits per heavy atom. The van der Waals surface area contributed by atoms with Crippen molar-refractivity contribution in [1.29, 1.82) is 0 Å². The topological polar surface area (TPSA) is 110 Å². The van der Waals surface area contributed by atoms with Crippen LogP contribution in [0.5, 0.6) is 5.75 Å². The first kappa shape index (κ1) is 18.4. The fourth-order valence-electron chi connectivity index (χ4n) is 3.71. The quantitative estimate of drug-likeness (QED) is 0.697. The van der Waals surface area contributed by atoms with E-state index >= 15 is 0 Å². The zero-order chi connectivity index (χ0) is 19.8. The highest BCUT2D eigenvalue weighted by atomic mass is 16.5. The summed E-state index contributed by atoms with van der Waals surface area (Å²) in [4.78, 5) is 21.7. The Labute approximate surface area is 161 Å². The second-order valence-corrected chi connectivity index (χ2v) is 7.25. The van der Waals surface area contributed by atoms with Gasteiger partial charge in [0.15, 0.2) is 0 Å². The lowest BCUT2D eigenvalue weighted by molar-refractivity contribution is 0.0234. The molecule has 0 aromatic carbocycles. The maximum Gasteiger partial charge on any atom is 0.258 e. The molecule has 2 N–H and O–H groups in total. The van der Waals surface area contributed by atoms with Crippen molar-refractivity contribution in [3.8, 4) is 5.75 Å². The van der Waals surface area contributed by atoms with Gasteiger partial charge in [-0.15, -0.1) is 0 Å². The van der Waals surface area contributed by atoms with Crippen LogP contribution in [0.1, 0.15) is 46.2 Å². The number of aryl methyl sites for hydroxylation is 2. The maximum absolute atomic E-state index is 13.2. The Morgan fingerprint density at radius 1 is 1.32 bits per heavy atom. The van der Waals surface area contributed by atoms with Gasteiger partial charge in [-0.25, -0.2) is 4.98 Å². The van der Waals surface area contributed by atoms with Crippen molar-refractivity contribution in [2.45, 2.75) is 38.8 Å². The van der Waals surface area contributed by atoms with Crippen molar-refractivity contribution in [1.82, 2.24) is 20.4 Å². The predicted octanol–water partition coefficient (Wildman–Crippen LogP) is 2.49. The summed E-state index contributed by atoms with van der Waals surface area (Å²) < 4.78 is 10.5. The Bertz CT molecular complexity index is 1030. The molecule has 0 unspecified atom stereocenters. The number of aliphatic hydroxyl groups is 1. The fourth-order valence-corrected chi connectivity index (χ4v) is 3.71. The van der Waals surface area contributed by atoms with Crippen molar-refractivity contribution in [3.63, 3.8) is 0 Å². The molecule has 0 spiro atoms. The van der Waals surface area contributed by atoms with Gasteiger partial charge in [0.05, 0.1) is 42.1 Å². The minimum Gasteiger partial charge on any atom is -0.495 e. The first-order chi connectivity index (χ1) is 13.5. The molecule has 8 nitrogen and oxygen atoms in total. The summed E-state index contributed by atoms with van der Waals surface area (Å²) in [5.74, 6) is 0.500. The molecule has 1 atom stereocenters. The largest absolute Gasteiger partial charge is 0.495 e. The van der Waals surface area contributed by atoms with Crippen LogP contribution in [0.3, 0.4) is 0 Å². The molecule has 0 radical (unpaired) electrons. The second kappa shape index (κ2) is 7.20. The number of carbonyl (C=O) groups is 1. The van der Waals surface area contributed by atoms with Gasteiger partial charge in [-0.05, 0) is 50.3 Å². The molecule has 1 amide bonds. The first-order valence-corrected chi connectivity index (χ1v) is 9.17. The smallest absolute Gasteiger partial charge is 0.258 e. The molecule has 1 aliphatic carbocycles. The van der Waals surface area contributed by atoms with Crippen molar-refractivity contribution >= 4 is 17.0 Å². The van der Waals surface area contributed by atoms with Gasteiger partial charge in [0, 0.05) is 11.9 Å². The Morgan fingerprint density at radius 3 is 2.82 bits per heavy atom. The molecule has 3 aromatic rings. The molecule has 4 rings (SSSR count). The number of hydrogen-bond donors (Lipinski definition) is 2. The zero-order valence-electron chi connectivity index (χ0n) is 16.0. The summed E-state index contributed by atoms with van der Waals surface area (Å²) in [6.45, 7) is 3.59. The number of nitrogens with zero attached hydrogens (tertiary/aromatic N) is 3. The third-order valence-electron chi connectivity index (χ3n) is 5.23. The van der Waals surface area contributed by atoms with Crippen LogP contribution in [0.15, 0.2) is 29.0 Å². The molecule has 1 aliphatic rings. The van der Waals surface area contributed by atoms with Crippen molar-refractivity contribution in [3.05, 3.63) is 47.0 Å². The zero-order valence-corrected chi connectivity index (χ0v) is 16.0. The molecule has 8 heteroatoms. The van der Waals surface area contributed by atoms with Crippen molar-refractivity contribution in [2.75, 3.05) is 7.11 Å². The summed E-state index contributed by atoms with van der Waals surface area (Å²) in [5, 5.41) is 17.4. The van der Waals surface area contributed by atoms with E-state index < -0.39 is 0 Å². The van der Waals surface area contributed by atoms with Crippen LogP contribution >= 0.6 is 0 Å². The number of fused-ring (bicyclic) bond motifs is 1. The highest BCUT2D eigenvalue weighted by Gasteiger charge is 2.36. The number of aromatic nitrogens is 3. The summed E-state index contributed by atoms with van der Waals surface area (Å²) in [6, 6.07) is 3.31. The minimum atomic E-state index is -0.335. The van der Waals surface area contributed by atoms with Crippen molar-refractivity contribution in [2.24, 2.45) is 5.92 Å². The van der Waals surface area contributed by atoms with E-state index in [2.05, 4.69) is 20.4 Å². The highest BCUT2D eigenvalue weighted by molar-refractivity contribution is 6.06. The van der Waals surface area contributed by atoms with Gasteiger partial charge in [-0.2, -0.15) is 0 Å². The van der Waals surface area contributed by atoms with E-state index in [1.165, 1.54) is 0 Å². The Kier molecular flexibility index (Phi) is 4.72. The third-order valence-corrected chi connectivity index (χ3v) is 5.23. The van der Waals surface area contributed by atoms with E-state index in [4.69, 9.17) is 9.26 Å². The number of ether oxygens (including phenoxy) is 1. The number of pyridine rings is 2. The van der Waals surface area contributed by atoms with E-state index in [1.807, 2.05) is 6.07 Å². The summed E-state index contributed by atoms with van der Waals surface area (Å²) in [6.07, 6.45) is 4.25. The monoisotopic (exact) mass is 382 g/mol. The molecule has 3 aromatic heterocycles. The van der Waals surface area contributed by atoms with Gasteiger partial charge in [0.25, 0.3) is 11.6 Å². The molecule has 1 saturated carbocycles. The Balaban J connectivity index is 1.69. The number of aliphatic hydroxyl groups excluding tert-OH is 1. The van der Waals surface area contributed by atoms with Crippen molar-refractivity contribution < 1.29 is 19.2 Å². The van der Waals surface area contributed by atoms with Crippen LogP contribution < -0.4 is 10.1 Å². The molecule has 1 fully saturated rings. The van der Waals surface area contributed by atoms with E-state index in [1.54, 1.807) is 39.4 Å². The standard InChI is InChI=1S/C20H22N4O4/c1-10-4-16(17-11(2)24-28-20(17)22-10)19(26)23-18(12-5-14(25)6-12)13-7-15(27-3)9-21-8-13/h4,7-9,12,14,18,25H,5-6H2,1-3H3,(H,23,26)/t12?,14?,18-/m0/s1. The fraction of sp³-hybridized carbons (Fsp3) is 0.400. The van der Waals surface area contributed by atoms with Gasteiger partial charge in [0.2, 0.25) is 0 Å². The number of rotatable bonds is 5. The third kappa shape index (κ3) is 3.31. The summed E-state index contributed by atoms with van der Waals surface area (Å²) >= 11 is 0. The Hall–Kier alpha value is -3.00. The van der Waals surface area contributed by atoms with Gasteiger partial charge in [-0.1, -0.05) is 5.16 Å². The minimum absolute atomic E-state index is 0.120. The second-order valence-electron chi connectivity index (χ2n) is 7.25. The molecular formula is C20H22N4O4. The lowest BCUT2D eigenvalue weighted by atomic mass is 9.75. The van der Waals surface area contributed by atoms with Crippen LogP contribution in [0, 0.1) is 19.8 Å². The predicted molar refractivity (Wildman–Crippen MR) is 101 cm³/mol. The van der Waals surface area contributed by atoms with Gasteiger partial charge in [0.1, 0.15) is 5.75 Å². The number of hydrogen-bond acceptors (Lipinski definition) is 7. The first-order valence-electron chi connectivity index (χ1n) is 9.17. The molecular weight excluding hydrogens is 360 g/mol. The molecule has 146 valence electrons. The molecule has 0 saturated heterocycles. The van der Waals surface area contributed by atoms with Gasteiger partial charge in [-0.3, -0.25) is 9.78 Å². The number of methoxy groups -OCH3 is 1. The van der Waals surface area contributed by atoms with E-state index in [-0.39, 0.29) is 24.0 Å². The molecule has 3 heterocycles. The number of nitrogens with one attached hydrogen (secondary N) is 1. The average Bonchev–Trinajstić information content (AvgIpc) is 3.03.